The van der Waals surface area contributed by atoms with Crippen LogP contribution in [0.1, 0.15) is 48.2 Å². The first kappa shape index (κ1) is 17.8. The van der Waals surface area contributed by atoms with E-state index in [-0.39, 0.29) is 18.0 Å². The summed E-state index contributed by atoms with van der Waals surface area (Å²) in [5.74, 6) is -0.845. The largest absolute Gasteiger partial charge is 0.481 e. The van der Waals surface area contributed by atoms with Crippen LogP contribution >= 0.6 is 0 Å². The number of amides is 1. The van der Waals surface area contributed by atoms with Crippen molar-refractivity contribution in [3.63, 3.8) is 0 Å². The first-order valence-corrected chi connectivity index (χ1v) is 8.55. The number of aromatic nitrogens is 4. The van der Waals surface area contributed by atoms with E-state index < -0.39 is 11.4 Å². The van der Waals surface area contributed by atoms with Crippen molar-refractivity contribution in [3.05, 3.63) is 39.9 Å². The molecule has 0 unspecified atom stereocenters. The van der Waals surface area contributed by atoms with Crippen LogP contribution in [0.4, 0.5) is 0 Å². The molecule has 2 heterocycles. The van der Waals surface area contributed by atoms with E-state index in [0.29, 0.717) is 29.9 Å². The first-order valence-electron chi connectivity index (χ1n) is 8.55. The Kier molecular flexibility index (Phi) is 4.88. The maximum Gasteiger partial charge on any atom is 0.311 e. The number of carbonyl (C=O) groups excluding carboxylic acids is 1. The Morgan fingerprint density at radius 1 is 1.31 bits per heavy atom. The molecule has 3 N–H and O–H groups in total. The quantitative estimate of drug-likeness (QED) is 0.731. The molecule has 0 aromatic carbocycles. The van der Waals surface area contributed by atoms with Gasteiger partial charge in [-0.3, -0.25) is 14.4 Å². The number of H-pyrrole nitrogens is 1. The van der Waals surface area contributed by atoms with Crippen molar-refractivity contribution in [1.82, 2.24) is 25.3 Å². The Morgan fingerprint density at radius 2 is 2.04 bits per heavy atom. The predicted octanol–water partition coefficient (Wildman–Crippen LogP) is 1.03. The van der Waals surface area contributed by atoms with Gasteiger partial charge in [0, 0.05) is 12.6 Å². The van der Waals surface area contributed by atoms with Crippen molar-refractivity contribution in [2.45, 2.75) is 39.0 Å². The van der Waals surface area contributed by atoms with Gasteiger partial charge in [-0.2, -0.15) is 10.2 Å². The maximum atomic E-state index is 12.5. The van der Waals surface area contributed by atoms with E-state index in [0.717, 1.165) is 19.3 Å². The number of aromatic amines is 1. The number of carbonyl (C=O) groups is 2. The normalized spacial score (nSPS) is 16.2. The van der Waals surface area contributed by atoms with Gasteiger partial charge in [-0.15, -0.1) is 0 Å². The maximum absolute atomic E-state index is 12.5. The highest BCUT2D eigenvalue weighted by molar-refractivity contribution is 5.95. The lowest BCUT2D eigenvalue weighted by Gasteiger charge is -2.33. The lowest BCUT2D eigenvalue weighted by atomic mass is 9.74. The molecular weight excluding hydrogens is 338 g/mol. The number of carboxylic acid groups (broad SMARTS) is 1. The molecular formula is C17H21N5O4. The Labute approximate surface area is 149 Å². The SMILES string of the molecule is Cc1c(C(=O)NCC2(C(=O)O)CCCCC2)cnn1-c1ccc(=O)[nH]n1. The fourth-order valence-corrected chi connectivity index (χ4v) is 3.36. The molecule has 1 amide bonds. The number of hydrogen-bond donors (Lipinski definition) is 3. The number of nitrogens with one attached hydrogen (secondary N) is 2. The van der Waals surface area contributed by atoms with Crippen molar-refractivity contribution in [2.75, 3.05) is 6.54 Å². The van der Waals surface area contributed by atoms with Crippen molar-refractivity contribution in [1.29, 1.82) is 0 Å². The zero-order valence-electron chi connectivity index (χ0n) is 14.5. The molecule has 0 spiro atoms. The Bertz CT molecular complexity index is 859. The van der Waals surface area contributed by atoms with E-state index in [1.54, 1.807) is 6.92 Å². The number of rotatable bonds is 5. The van der Waals surface area contributed by atoms with Crippen LogP contribution in [0, 0.1) is 12.3 Å². The van der Waals surface area contributed by atoms with Gasteiger partial charge in [-0.25, -0.2) is 9.78 Å². The van der Waals surface area contributed by atoms with Gasteiger partial charge in [0.1, 0.15) is 0 Å². The van der Waals surface area contributed by atoms with Crippen molar-refractivity contribution in [3.8, 4) is 5.82 Å². The summed E-state index contributed by atoms with van der Waals surface area (Å²) in [7, 11) is 0. The van der Waals surface area contributed by atoms with E-state index in [1.807, 2.05) is 0 Å². The zero-order chi connectivity index (χ0) is 18.7. The van der Waals surface area contributed by atoms with Crippen LogP contribution in [0.25, 0.3) is 5.82 Å². The lowest BCUT2D eigenvalue weighted by molar-refractivity contribution is -0.150. The fourth-order valence-electron chi connectivity index (χ4n) is 3.36. The van der Waals surface area contributed by atoms with Crippen LogP contribution in [0.15, 0.2) is 23.1 Å². The molecule has 0 radical (unpaired) electrons. The van der Waals surface area contributed by atoms with Crippen LogP contribution in [0.3, 0.4) is 0 Å². The van der Waals surface area contributed by atoms with Gasteiger partial charge in [0.2, 0.25) is 0 Å². The summed E-state index contributed by atoms with van der Waals surface area (Å²) in [6.45, 7) is 1.81. The summed E-state index contributed by atoms with van der Waals surface area (Å²) in [5.41, 5.74) is -0.328. The third kappa shape index (κ3) is 3.37. The molecule has 138 valence electrons. The van der Waals surface area contributed by atoms with E-state index in [9.17, 15) is 19.5 Å². The summed E-state index contributed by atoms with van der Waals surface area (Å²) in [6, 6.07) is 2.82. The lowest BCUT2D eigenvalue weighted by Crippen LogP contribution is -2.44. The number of aliphatic carboxylic acids is 1. The average molecular weight is 359 g/mol. The molecule has 0 atom stereocenters. The fraction of sp³-hybridized carbons (Fsp3) is 0.471. The Hall–Kier alpha value is -2.97. The smallest absolute Gasteiger partial charge is 0.311 e. The van der Waals surface area contributed by atoms with Gasteiger partial charge in [0.15, 0.2) is 5.82 Å². The topological polar surface area (TPSA) is 130 Å². The van der Waals surface area contributed by atoms with Crippen LogP contribution in [0.5, 0.6) is 0 Å². The second kappa shape index (κ2) is 7.11. The standard InChI is InChI=1S/C17H21N5O4/c1-11-12(9-19-22(11)13-5-6-14(23)21-20-13)15(24)18-10-17(16(25)26)7-3-2-4-8-17/h5-6,9H,2-4,7-8,10H2,1H3,(H,18,24)(H,21,23)(H,25,26). The summed E-state index contributed by atoms with van der Waals surface area (Å²) < 4.78 is 1.44. The van der Waals surface area contributed by atoms with Gasteiger partial charge < -0.3 is 10.4 Å². The van der Waals surface area contributed by atoms with Gasteiger partial charge in [0.25, 0.3) is 11.5 Å². The average Bonchev–Trinajstić information content (AvgIpc) is 3.02. The highest BCUT2D eigenvalue weighted by Gasteiger charge is 2.40. The zero-order valence-corrected chi connectivity index (χ0v) is 14.5. The molecule has 1 fully saturated rings. The third-order valence-corrected chi connectivity index (χ3v) is 4.99. The number of hydrogen-bond acceptors (Lipinski definition) is 5. The molecule has 0 aliphatic heterocycles. The second-order valence-electron chi connectivity index (χ2n) is 6.66. The molecule has 1 aliphatic carbocycles. The monoisotopic (exact) mass is 359 g/mol. The number of carboxylic acids is 1. The van der Waals surface area contributed by atoms with E-state index in [1.165, 1.54) is 23.0 Å². The molecule has 2 aromatic rings. The number of nitrogens with zero attached hydrogens (tertiary/aromatic N) is 3. The molecule has 9 nitrogen and oxygen atoms in total. The third-order valence-electron chi connectivity index (χ3n) is 4.99. The molecule has 1 aliphatic rings. The highest BCUT2D eigenvalue weighted by Crippen LogP contribution is 2.36. The predicted molar refractivity (Wildman–Crippen MR) is 92.2 cm³/mol. The van der Waals surface area contributed by atoms with E-state index in [4.69, 9.17) is 0 Å². The molecule has 3 rings (SSSR count). The van der Waals surface area contributed by atoms with Crippen LogP contribution in [-0.4, -0.2) is 43.5 Å². The second-order valence-corrected chi connectivity index (χ2v) is 6.66. The Balaban J connectivity index is 1.75. The van der Waals surface area contributed by atoms with Gasteiger partial charge in [-0.1, -0.05) is 19.3 Å². The van der Waals surface area contributed by atoms with Gasteiger partial charge in [0.05, 0.1) is 22.9 Å². The van der Waals surface area contributed by atoms with Crippen LogP contribution in [-0.2, 0) is 4.79 Å². The minimum absolute atomic E-state index is 0.0999. The van der Waals surface area contributed by atoms with Gasteiger partial charge in [-0.05, 0) is 25.8 Å². The Morgan fingerprint density at radius 3 is 2.65 bits per heavy atom. The minimum atomic E-state index is -0.891. The summed E-state index contributed by atoms with van der Waals surface area (Å²) in [6.07, 6.45) is 5.30. The molecule has 0 bridgehead atoms. The molecule has 26 heavy (non-hydrogen) atoms. The first-order chi connectivity index (χ1) is 12.4. The van der Waals surface area contributed by atoms with Gasteiger partial charge >= 0.3 is 5.97 Å². The highest BCUT2D eigenvalue weighted by atomic mass is 16.4. The van der Waals surface area contributed by atoms with Crippen LogP contribution < -0.4 is 10.9 Å². The van der Waals surface area contributed by atoms with Crippen molar-refractivity contribution < 1.29 is 14.7 Å². The van der Waals surface area contributed by atoms with E-state index >= 15 is 0 Å². The van der Waals surface area contributed by atoms with Crippen molar-refractivity contribution in [2.24, 2.45) is 5.41 Å². The molecule has 0 saturated heterocycles. The molecule has 2 aromatic heterocycles. The summed E-state index contributed by atoms with van der Waals surface area (Å²) in [4.78, 5) is 35.4. The molecule has 1 saturated carbocycles. The summed E-state index contributed by atoms with van der Waals surface area (Å²) >= 11 is 0. The van der Waals surface area contributed by atoms with Crippen LogP contribution in [0.2, 0.25) is 0 Å². The molecule has 9 heteroatoms. The van der Waals surface area contributed by atoms with Crippen molar-refractivity contribution >= 4 is 11.9 Å². The minimum Gasteiger partial charge on any atom is -0.481 e. The van der Waals surface area contributed by atoms with E-state index in [2.05, 4.69) is 20.6 Å². The summed E-state index contributed by atoms with van der Waals surface area (Å²) in [5, 5.41) is 22.7.